The summed E-state index contributed by atoms with van der Waals surface area (Å²) in [7, 11) is -3.87. The fourth-order valence-corrected chi connectivity index (χ4v) is 7.17. The van der Waals surface area contributed by atoms with Crippen LogP contribution in [0.5, 0.6) is 5.75 Å². The first-order valence-corrected chi connectivity index (χ1v) is 14.6. The number of hydrogen-bond donors (Lipinski definition) is 1. The Labute approximate surface area is 252 Å². The van der Waals surface area contributed by atoms with Gasteiger partial charge in [0.15, 0.2) is 0 Å². The Morgan fingerprint density at radius 2 is 1.92 bits per heavy atom. The zero-order chi connectivity index (χ0) is 26.7. The van der Waals surface area contributed by atoms with Gasteiger partial charge in [-0.1, -0.05) is 32.0 Å². The van der Waals surface area contributed by atoms with Gasteiger partial charge in [0.05, 0.1) is 5.69 Å². The van der Waals surface area contributed by atoms with Crippen LogP contribution in [0, 0.1) is 19.8 Å². The Morgan fingerprint density at radius 3 is 2.53 bits per heavy atom. The number of aryl methyl sites for hydroxylation is 4. The fourth-order valence-electron chi connectivity index (χ4n) is 4.41. The number of carboxylic acid groups (broad SMARTS) is 1. The van der Waals surface area contributed by atoms with Crippen molar-refractivity contribution in [2.75, 3.05) is 10.8 Å². The third-order valence-corrected chi connectivity index (χ3v) is 9.38. The van der Waals surface area contributed by atoms with E-state index in [1.54, 1.807) is 18.4 Å². The minimum absolute atomic E-state index is 0. The topological polar surface area (TPSA) is 96.8 Å². The largest absolute Gasteiger partial charge is 1.00 e. The second-order valence-electron chi connectivity index (χ2n) is 9.77. The molecule has 1 aliphatic carbocycles. The summed E-state index contributed by atoms with van der Waals surface area (Å²) >= 11 is 1.13. The average Bonchev–Trinajstić information content (AvgIpc) is 3.48. The minimum atomic E-state index is -3.87. The van der Waals surface area contributed by atoms with E-state index in [1.807, 2.05) is 51.1 Å². The SMILES string of the molecule is Cc1csc(S(=O)(=O)N(CC(C)C)c2cc3c(cc2OCc2ccc(C=CC(=O)O)cc2C)CCC3)n1.[H-].[Na+]. The molecule has 0 bridgehead atoms. The van der Waals surface area contributed by atoms with Crippen molar-refractivity contribution in [3.05, 3.63) is 75.3 Å². The molecule has 10 heteroatoms. The van der Waals surface area contributed by atoms with E-state index in [0.717, 1.165) is 58.9 Å². The summed E-state index contributed by atoms with van der Waals surface area (Å²) in [6.07, 6.45) is 5.55. The quantitative estimate of drug-likeness (QED) is 0.301. The van der Waals surface area contributed by atoms with Gasteiger partial charge in [0.1, 0.15) is 12.4 Å². The standard InChI is InChI=1S/C28H32N2O5S2.Na.H/c1-18(2)15-30(37(33,34)28-29-20(4)17-36-28)25-13-22-6-5-7-23(22)14-26(25)35-16-24-10-8-21(12-19(24)3)9-11-27(31)32;;/h8-14,17-18H,5-7,15-16H2,1-4H3,(H,31,32);;/q;+1;-1. The van der Waals surface area contributed by atoms with Crippen molar-refractivity contribution < 1.29 is 54.0 Å². The van der Waals surface area contributed by atoms with Gasteiger partial charge in [0.2, 0.25) is 4.34 Å². The molecule has 38 heavy (non-hydrogen) atoms. The number of hydrogen-bond acceptors (Lipinski definition) is 6. The molecule has 7 nitrogen and oxygen atoms in total. The van der Waals surface area contributed by atoms with E-state index in [2.05, 4.69) is 4.98 Å². The molecule has 1 aliphatic rings. The van der Waals surface area contributed by atoms with Gasteiger partial charge >= 0.3 is 35.5 Å². The number of sulfonamides is 1. The second kappa shape index (κ2) is 12.8. The van der Waals surface area contributed by atoms with E-state index in [1.165, 1.54) is 9.87 Å². The van der Waals surface area contributed by atoms with Gasteiger partial charge in [-0.2, -0.15) is 8.42 Å². The third kappa shape index (κ3) is 7.07. The molecule has 1 aromatic heterocycles. The number of nitrogens with zero attached hydrogens (tertiary/aromatic N) is 2. The summed E-state index contributed by atoms with van der Waals surface area (Å²) in [5.74, 6) is -0.374. The predicted octanol–water partition coefficient (Wildman–Crippen LogP) is 2.89. The summed E-state index contributed by atoms with van der Waals surface area (Å²) in [6, 6.07) is 9.62. The van der Waals surface area contributed by atoms with Crippen LogP contribution in [0.3, 0.4) is 0 Å². The molecule has 0 saturated heterocycles. The van der Waals surface area contributed by atoms with Crippen LogP contribution in [0.2, 0.25) is 0 Å². The van der Waals surface area contributed by atoms with Crippen LogP contribution in [0.25, 0.3) is 6.08 Å². The van der Waals surface area contributed by atoms with E-state index >= 15 is 0 Å². The van der Waals surface area contributed by atoms with E-state index in [9.17, 15) is 13.2 Å². The molecule has 1 N–H and O–H groups in total. The summed E-state index contributed by atoms with van der Waals surface area (Å²) in [5, 5.41) is 10.6. The molecule has 198 valence electrons. The van der Waals surface area contributed by atoms with Crippen LogP contribution in [-0.2, 0) is 34.3 Å². The summed E-state index contributed by atoms with van der Waals surface area (Å²) in [6.45, 7) is 8.28. The van der Waals surface area contributed by atoms with Gasteiger partial charge < -0.3 is 11.3 Å². The van der Waals surface area contributed by atoms with Gasteiger partial charge in [-0.15, -0.1) is 11.3 Å². The number of fused-ring (bicyclic) bond motifs is 1. The van der Waals surface area contributed by atoms with E-state index in [0.29, 0.717) is 23.7 Å². The summed E-state index contributed by atoms with van der Waals surface area (Å²) in [5.41, 5.74) is 6.25. The number of rotatable bonds is 10. The number of aliphatic carboxylic acids is 1. The third-order valence-electron chi connectivity index (χ3n) is 6.25. The van der Waals surface area contributed by atoms with Crippen LogP contribution in [0.1, 0.15) is 55.2 Å². The monoisotopic (exact) mass is 564 g/mol. The number of thiazole rings is 1. The Balaban J connectivity index is 0.00000267. The first-order valence-electron chi connectivity index (χ1n) is 12.3. The summed E-state index contributed by atoms with van der Waals surface area (Å²) in [4.78, 5) is 15.1. The molecule has 0 spiro atoms. The first kappa shape index (κ1) is 30.4. The maximum atomic E-state index is 13.8. The van der Waals surface area contributed by atoms with Crippen LogP contribution in [0.15, 0.2) is 46.1 Å². The fraction of sp³-hybridized carbons (Fsp3) is 0.357. The Morgan fingerprint density at radius 1 is 1.21 bits per heavy atom. The molecular formula is C28H33N2NaO5S2. The minimum Gasteiger partial charge on any atom is -1.00 e. The average molecular weight is 565 g/mol. The maximum Gasteiger partial charge on any atom is 1.00 e. The van der Waals surface area contributed by atoms with Gasteiger partial charge in [0.25, 0.3) is 10.0 Å². The van der Waals surface area contributed by atoms with Gasteiger partial charge in [0, 0.05) is 23.7 Å². The molecule has 2 aromatic carbocycles. The molecular weight excluding hydrogens is 531 g/mol. The molecule has 1 heterocycles. The predicted molar refractivity (Wildman–Crippen MR) is 148 cm³/mol. The molecule has 0 radical (unpaired) electrons. The second-order valence-corrected chi connectivity index (χ2v) is 12.7. The van der Waals surface area contributed by atoms with Crippen molar-refractivity contribution in [3.63, 3.8) is 0 Å². The molecule has 4 rings (SSSR count). The number of ether oxygens (including phenoxy) is 1. The number of anilines is 1. The molecule has 0 atom stereocenters. The van der Waals surface area contributed by atoms with E-state index < -0.39 is 16.0 Å². The van der Waals surface area contributed by atoms with Crippen LogP contribution in [0.4, 0.5) is 5.69 Å². The summed E-state index contributed by atoms with van der Waals surface area (Å²) < 4.78 is 35.4. The number of benzene rings is 2. The van der Waals surface area contributed by atoms with Crippen molar-refractivity contribution in [2.45, 2.75) is 57.9 Å². The van der Waals surface area contributed by atoms with Crippen molar-refractivity contribution in [1.29, 1.82) is 0 Å². The van der Waals surface area contributed by atoms with Crippen LogP contribution < -0.4 is 38.6 Å². The first-order chi connectivity index (χ1) is 17.5. The Bertz CT molecular complexity index is 1450. The zero-order valence-corrected chi connectivity index (χ0v) is 26.2. The molecule has 3 aromatic rings. The van der Waals surface area contributed by atoms with Crippen molar-refractivity contribution >= 4 is 39.1 Å². The van der Waals surface area contributed by atoms with Crippen molar-refractivity contribution in [1.82, 2.24) is 4.98 Å². The Kier molecular flexibility index (Phi) is 10.2. The Hall–Kier alpha value is -2.17. The molecule has 0 aliphatic heterocycles. The van der Waals surface area contributed by atoms with Crippen molar-refractivity contribution in [3.8, 4) is 5.75 Å². The van der Waals surface area contributed by atoms with Crippen LogP contribution >= 0.6 is 11.3 Å². The van der Waals surface area contributed by atoms with E-state index in [-0.39, 0.29) is 47.8 Å². The van der Waals surface area contributed by atoms with Gasteiger partial charge in [-0.3, -0.25) is 4.31 Å². The van der Waals surface area contributed by atoms with E-state index in [4.69, 9.17) is 9.84 Å². The van der Waals surface area contributed by atoms with Gasteiger partial charge in [-0.05, 0) is 85.1 Å². The molecule has 0 saturated carbocycles. The van der Waals surface area contributed by atoms with Gasteiger partial charge in [-0.25, -0.2) is 9.78 Å². The number of carboxylic acids is 1. The number of carbonyl (C=O) groups is 1. The number of aromatic nitrogens is 1. The molecule has 0 unspecified atom stereocenters. The zero-order valence-electron chi connectivity index (χ0n) is 23.5. The molecule has 0 fully saturated rings. The van der Waals surface area contributed by atoms with Crippen molar-refractivity contribution in [2.24, 2.45) is 5.92 Å². The molecule has 0 amide bonds. The smallest absolute Gasteiger partial charge is 1.00 e. The normalized spacial score (nSPS) is 13.0. The maximum absolute atomic E-state index is 13.8. The van der Waals surface area contributed by atoms with Crippen LogP contribution in [-0.4, -0.2) is 31.0 Å².